The van der Waals surface area contributed by atoms with Crippen LogP contribution in [0.5, 0.6) is 0 Å². The molecular weight excluding hydrogens is 767 g/mol. The third kappa shape index (κ3) is 6.01. The summed E-state index contributed by atoms with van der Waals surface area (Å²) in [6.45, 7) is 0. The minimum atomic E-state index is -6.24. The van der Waals surface area contributed by atoms with E-state index in [4.69, 9.17) is 0 Å². The van der Waals surface area contributed by atoms with E-state index in [1.54, 1.807) is 0 Å². The van der Waals surface area contributed by atoms with Crippen molar-refractivity contribution in [1.82, 2.24) is 9.97 Å². The summed E-state index contributed by atoms with van der Waals surface area (Å²) in [4.78, 5) is 3.88. The smallest absolute Gasteiger partial charge is 0.209 e. The number of allylic oxidation sites excluding steroid dienone is 6. The average Bonchev–Trinajstić information content (AvgIpc) is 3.74. The molecule has 0 spiro atoms. The van der Waals surface area contributed by atoms with E-state index in [1.807, 2.05) is 9.97 Å². The fraction of sp³-hybridized carbons (Fsp3) is 0.107. The third-order valence-electron chi connectivity index (χ3n) is 6.68. The molecule has 5 nitrogen and oxygen atoms in total. The molecule has 0 saturated heterocycles. The molecule has 0 aliphatic heterocycles. The molecule has 0 bridgehead atoms. The van der Waals surface area contributed by atoms with Crippen LogP contribution in [0.4, 0.5) is 83.4 Å². The second-order valence-electron chi connectivity index (χ2n) is 9.59. The highest BCUT2D eigenvalue weighted by Gasteiger charge is 2.49. The highest BCUT2D eigenvalue weighted by Crippen LogP contribution is 2.58. The molecule has 270 valence electrons. The van der Waals surface area contributed by atoms with E-state index in [-0.39, 0.29) is 0 Å². The van der Waals surface area contributed by atoms with E-state index in [2.05, 4.69) is 0 Å². The summed E-state index contributed by atoms with van der Waals surface area (Å²) < 4.78 is 267. The number of nitrogens with zero attached hydrogens (tertiary/aromatic N) is 5. The first-order valence-electron chi connectivity index (χ1n) is 12.4. The highest BCUT2D eigenvalue weighted by molar-refractivity contribution is 6.12. The topological polar surface area (TPSA) is 97.1 Å². The lowest BCUT2D eigenvalue weighted by Gasteiger charge is -2.13. The Bertz CT molecular complexity index is 2200. The number of hydrogen-bond donors (Lipinski definition) is 0. The van der Waals surface area contributed by atoms with Crippen LogP contribution in [0.1, 0.15) is 33.6 Å². The van der Waals surface area contributed by atoms with Gasteiger partial charge >= 0.3 is 18.5 Å². The summed E-state index contributed by atoms with van der Waals surface area (Å²) in [5.74, 6) is -30.6. The Morgan fingerprint density at radius 1 is 0.385 bits per heavy atom. The molecule has 4 rings (SSSR count). The molecule has 3 aromatic rings. The summed E-state index contributed by atoms with van der Waals surface area (Å²) in [6, 6.07) is 1.95. The molecule has 1 aromatic carbocycles. The van der Waals surface area contributed by atoms with Crippen LogP contribution in [-0.4, -0.2) is 9.97 Å². The molecule has 0 atom stereocenters. The molecular formula is C28F19N5. The van der Waals surface area contributed by atoms with E-state index >= 15 is 17.6 Å². The zero-order chi connectivity index (χ0) is 39.7. The Balaban J connectivity index is 2.39. The first-order chi connectivity index (χ1) is 23.8. The molecule has 0 unspecified atom stereocenters. The second-order valence-corrected chi connectivity index (χ2v) is 9.59. The van der Waals surface area contributed by atoms with Gasteiger partial charge in [-0.25, -0.2) is 45.1 Å². The van der Waals surface area contributed by atoms with Crippen molar-refractivity contribution >= 4 is 16.7 Å². The van der Waals surface area contributed by atoms with Crippen molar-refractivity contribution in [3.05, 3.63) is 109 Å². The molecule has 1 saturated carbocycles. The van der Waals surface area contributed by atoms with Gasteiger partial charge in [0.15, 0.2) is 57.9 Å². The van der Waals surface area contributed by atoms with E-state index in [0.717, 1.165) is 0 Å². The number of nitriles is 3. The largest absolute Gasteiger partial charge is 0.436 e. The van der Waals surface area contributed by atoms with Gasteiger partial charge in [-0.3, -0.25) is 0 Å². The second kappa shape index (κ2) is 12.6. The normalized spacial score (nSPS) is 16.2. The van der Waals surface area contributed by atoms with Crippen LogP contribution >= 0.6 is 0 Å². The zero-order valence-corrected chi connectivity index (χ0v) is 23.4. The molecule has 1 aliphatic carbocycles. The number of halogens is 19. The van der Waals surface area contributed by atoms with Crippen molar-refractivity contribution in [3.8, 4) is 18.2 Å². The van der Waals surface area contributed by atoms with Crippen molar-refractivity contribution in [2.45, 2.75) is 18.5 Å². The van der Waals surface area contributed by atoms with Crippen LogP contribution in [-0.2, 0) is 18.5 Å². The Kier molecular flexibility index (Phi) is 9.36. The summed E-state index contributed by atoms with van der Waals surface area (Å²) in [7, 11) is 0. The maximum atomic E-state index is 15.1. The fourth-order valence-electron chi connectivity index (χ4n) is 4.59. The van der Waals surface area contributed by atoms with Crippen molar-refractivity contribution in [2.24, 2.45) is 0 Å². The summed E-state index contributed by atoms with van der Waals surface area (Å²) in [5.41, 5.74) is -29.1. The fourth-order valence-corrected chi connectivity index (χ4v) is 4.59. The van der Waals surface area contributed by atoms with Crippen molar-refractivity contribution in [2.75, 3.05) is 0 Å². The first kappa shape index (κ1) is 38.7. The van der Waals surface area contributed by atoms with E-state index in [1.165, 1.54) is 0 Å². The van der Waals surface area contributed by atoms with Crippen LogP contribution in [0.3, 0.4) is 0 Å². The summed E-state index contributed by atoms with van der Waals surface area (Å²) >= 11 is 0. The van der Waals surface area contributed by atoms with Gasteiger partial charge in [-0.15, -0.1) is 0 Å². The minimum Gasteiger partial charge on any atom is -0.209 e. The molecule has 2 heterocycles. The monoisotopic (exact) mass is 767 g/mol. The maximum Gasteiger partial charge on any atom is 0.436 e. The number of pyridine rings is 2. The Morgan fingerprint density at radius 3 is 0.885 bits per heavy atom. The average molecular weight is 767 g/mol. The number of hydrogen-bond acceptors (Lipinski definition) is 5. The predicted octanol–water partition coefficient (Wildman–Crippen LogP) is 9.17. The van der Waals surface area contributed by atoms with Gasteiger partial charge in [0.2, 0.25) is 11.9 Å². The minimum absolute atomic E-state index is 0.638. The molecule has 1 aliphatic rings. The van der Waals surface area contributed by atoms with E-state index < -0.39 is 144 Å². The summed E-state index contributed by atoms with van der Waals surface area (Å²) in [5, 5.41) is 29.1. The summed E-state index contributed by atoms with van der Waals surface area (Å²) in [6.07, 6.45) is -18.4. The third-order valence-corrected chi connectivity index (χ3v) is 6.68. The molecule has 0 radical (unpaired) electrons. The molecule has 24 heteroatoms. The van der Waals surface area contributed by atoms with Gasteiger partial charge < -0.3 is 0 Å². The number of rotatable bonds is 3. The standard InChI is InChI=1S/C28F19N5/c29-14-10(15(30)21(36)13(20(14)35)26(39,40)41)4(1-48)7-8(5(2-49)11-16(31)22(27(42,43)44)51-24(37)18(11)33)9(7)6(3-50)12-17(32)23(28(45,46)47)52-25(38)19(12)34/b7-4?,8-5-,9-6+. The predicted molar refractivity (Wildman–Crippen MR) is 127 cm³/mol. The Labute approximate surface area is 272 Å². The number of aromatic nitrogens is 2. The van der Waals surface area contributed by atoms with Crippen molar-refractivity contribution in [1.29, 1.82) is 15.8 Å². The number of benzene rings is 1. The lowest BCUT2D eigenvalue weighted by Crippen LogP contribution is -2.17. The van der Waals surface area contributed by atoms with Gasteiger partial charge in [0.1, 0.15) is 23.8 Å². The molecule has 2 aromatic heterocycles. The van der Waals surface area contributed by atoms with Crippen LogP contribution in [0.15, 0.2) is 16.7 Å². The molecule has 0 N–H and O–H groups in total. The zero-order valence-electron chi connectivity index (χ0n) is 23.4. The number of alkyl halides is 9. The quantitative estimate of drug-likeness (QED) is 0.115. The molecule has 1 fully saturated rings. The van der Waals surface area contributed by atoms with E-state index in [9.17, 15) is 81.6 Å². The Hall–Kier alpha value is -6.12. The molecule has 0 amide bonds. The van der Waals surface area contributed by atoms with E-state index in [0.29, 0.717) is 18.2 Å². The Morgan fingerprint density at radius 2 is 0.654 bits per heavy atom. The lowest BCUT2D eigenvalue weighted by atomic mass is 9.99. The van der Waals surface area contributed by atoms with Crippen LogP contribution < -0.4 is 0 Å². The molecule has 52 heavy (non-hydrogen) atoms. The van der Waals surface area contributed by atoms with Crippen molar-refractivity contribution < 1.29 is 83.4 Å². The van der Waals surface area contributed by atoms with Crippen LogP contribution in [0.25, 0.3) is 16.7 Å². The van der Waals surface area contributed by atoms with Crippen LogP contribution in [0, 0.1) is 92.4 Å². The SMILES string of the molecule is N#CC(=C1C(=C(/C#N)c2c(F)c(F)nc(C(F)(F)F)c2F)/C1=C(/C#N)c1c(F)c(F)nc(C(F)(F)F)c1F)c1c(F)c(F)c(C(F)(F)F)c(F)c1F. The first-order valence-corrected chi connectivity index (χ1v) is 12.4. The maximum absolute atomic E-state index is 15.1. The van der Waals surface area contributed by atoms with Gasteiger partial charge in [-0.2, -0.15) is 64.1 Å². The van der Waals surface area contributed by atoms with Gasteiger partial charge in [0, 0.05) is 16.7 Å². The van der Waals surface area contributed by atoms with Crippen molar-refractivity contribution in [3.63, 3.8) is 0 Å². The lowest BCUT2D eigenvalue weighted by molar-refractivity contribution is -0.145. The van der Waals surface area contributed by atoms with Gasteiger partial charge in [0.05, 0.1) is 33.4 Å². The van der Waals surface area contributed by atoms with Crippen LogP contribution in [0.2, 0.25) is 0 Å². The van der Waals surface area contributed by atoms with Gasteiger partial charge in [-0.05, 0) is 0 Å². The highest BCUT2D eigenvalue weighted by atomic mass is 19.4. The van der Waals surface area contributed by atoms with Gasteiger partial charge in [-0.1, -0.05) is 0 Å². The van der Waals surface area contributed by atoms with Gasteiger partial charge in [0.25, 0.3) is 0 Å².